The highest BCUT2D eigenvalue weighted by molar-refractivity contribution is 7.18. The van der Waals surface area contributed by atoms with Gasteiger partial charge in [0.15, 0.2) is 0 Å². The third kappa shape index (κ3) is 4.90. The molecule has 4 heterocycles. The number of rotatable bonds is 6. The maximum absolute atomic E-state index is 12.8. The molecule has 36 heavy (non-hydrogen) atoms. The Hall–Kier alpha value is -3.16. The van der Waals surface area contributed by atoms with Crippen LogP contribution in [-0.2, 0) is 19.5 Å². The molecule has 4 aromatic rings. The van der Waals surface area contributed by atoms with E-state index in [9.17, 15) is 18.4 Å². The zero-order valence-corrected chi connectivity index (χ0v) is 21.0. The number of nitriles is 1. The SMILES string of the molecule is CCn1c(C#N)cc2c(C)c(CN3CCC(Nc4ncnc5sc(CC(F)(F)F)cc45)CC3)ccc21. The number of hydrogen-bond acceptors (Lipinski definition) is 6. The number of halogens is 3. The van der Waals surface area contributed by atoms with Crippen LogP contribution in [0.1, 0.15) is 41.5 Å². The summed E-state index contributed by atoms with van der Waals surface area (Å²) in [7, 11) is 0. The van der Waals surface area contributed by atoms with Gasteiger partial charge in [-0.1, -0.05) is 6.07 Å². The fraction of sp³-hybridized carbons (Fsp3) is 0.423. The van der Waals surface area contributed by atoms with E-state index < -0.39 is 12.6 Å². The number of aryl methyl sites for hydroxylation is 2. The second-order valence-electron chi connectivity index (χ2n) is 9.31. The predicted molar refractivity (Wildman–Crippen MR) is 136 cm³/mol. The van der Waals surface area contributed by atoms with E-state index in [-0.39, 0.29) is 10.9 Å². The maximum atomic E-state index is 12.8. The summed E-state index contributed by atoms with van der Waals surface area (Å²) in [5, 5.41) is 14.7. The summed E-state index contributed by atoms with van der Waals surface area (Å²) in [6.45, 7) is 7.60. The zero-order valence-electron chi connectivity index (χ0n) is 20.2. The lowest BCUT2D eigenvalue weighted by Crippen LogP contribution is -2.39. The van der Waals surface area contributed by atoms with E-state index in [2.05, 4.69) is 45.3 Å². The summed E-state index contributed by atoms with van der Waals surface area (Å²) in [6, 6.07) is 10.3. The van der Waals surface area contributed by atoms with Crippen LogP contribution in [0.15, 0.2) is 30.6 Å². The van der Waals surface area contributed by atoms with Crippen LogP contribution in [0.4, 0.5) is 19.0 Å². The zero-order chi connectivity index (χ0) is 25.4. The van der Waals surface area contributed by atoms with Crippen molar-refractivity contribution in [1.82, 2.24) is 19.4 Å². The van der Waals surface area contributed by atoms with Crippen molar-refractivity contribution in [2.75, 3.05) is 18.4 Å². The third-order valence-corrected chi connectivity index (χ3v) is 8.02. The van der Waals surface area contributed by atoms with Crippen LogP contribution < -0.4 is 5.32 Å². The van der Waals surface area contributed by atoms with E-state index in [1.807, 2.05) is 17.6 Å². The molecular formula is C26H27F3N6S. The first-order valence-corrected chi connectivity index (χ1v) is 12.9. The highest BCUT2D eigenvalue weighted by atomic mass is 32.1. The quantitative estimate of drug-likeness (QED) is 0.342. The van der Waals surface area contributed by atoms with E-state index >= 15 is 0 Å². The van der Waals surface area contributed by atoms with Gasteiger partial charge in [-0.2, -0.15) is 18.4 Å². The maximum Gasteiger partial charge on any atom is 0.393 e. The van der Waals surface area contributed by atoms with Gasteiger partial charge >= 0.3 is 6.18 Å². The van der Waals surface area contributed by atoms with Gasteiger partial charge in [-0.3, -0.25) is 4.90 Å². The summed E-state index contributed by atoms with van der Waals surface area (Å²) < 4.78 is 40.5. The van der Waals surface area contributed by atoms with Crippen LogP contribution in [-0.4, -0.2) is 44.7 Å². The number of fused-ring (bicyclic) bond motifs is 2. The number of nitrogens with one attached hydrogen (secondary N) is 1. The Morgan fingerprint density at radius 3 is 2.64 bits per heavy atom. The Labute approximate surface area is 211 Å². The van der Waals surface area contributed by atoms with Gasteiger partial charge in [0.2, 0.25) is 0 Å². The lowest BCUT2D eigenvalue weighted by Gasteiger charge is -2.33. The van der Waals surface area contributed by atoms with Crippen molar-refractivity contribution in [3.63, 3.8) is 0 Å². The number of alkyl halides is 3. The monoisotopic (exact) mass is 512 g/mol. The van der Waals surface area contributed by atoms with E-state index in [1.54, 1.807) is 6.07 Å². The second-order valence-corrected chi connectivity index (χ2v) is 10.4. The van der Waals surface area contributed by atoms with Crippen molar-refractivity contribution >= 4 is 38.3 Å². The molecule has 1 saturated heterocycles. The molecule has 0 radical (unpaired) electrons. The van der Waals surface area contributed by atoms with Gasteiger partial charge in [-0.15, -0.1) is 11.3 Å². The van der Waals surface area contributed by atoms with Crippen LogP contribution in [0.5, 0.6) is 0 Å². The number of piperidine rings is 1. The van der Waals surface area contributed by atoms with Crippen molar-refractivity contribution in [3.8, 4) is 6.07 Å². The average molecular weight is 513 g/mol. The Kier molecular flexibility index (Phi) is 6.62. The van der Waals surface area contributed by atoms with Gasteiger partial charge in [-0.05, 0) is 56.0 Å². The molecule has 0 spiro atoms. The minimum Gasteiger partial charge on any atom is -0.367 e. The first-order chi connectivity index (χ1) is 17.3. The number of likely N-dealkylation sites (tertiary alicyclic amines) is 1. The summed E-state index contributed by atoms with van der Waals surface area (Å²) in [5.74, 6) is 0.609. The van der Waals surface area contributed by atoms with Gasteiger partial charge in [-0.25, -0.2) is 9.97 Å². The molecule has 3 aromatic heterocycles. The first kappa shape index (κ1) is 24.5. The van der Waals surface area contributed by atoms with Crippen molar-refractivity contribution < 1.29 is 13.2 Å². The number of anilines is 1. The van der Waals surface area contributed by atoms with Gasteiger partial charge < -0.3 is 9.88 Å². The molecule has 1 fully saturated rings. The van der Waals surface area contributed by atoms with Crippen LogP contribution in [0.25, 0.3) is 21.1 Å². The van der Waals surface area contributed by atoms with Crippen LogP contribution in [0.3, 0.4) is 0 Å². The van der Waals surface area contributed by atoms with Crippen molar-refractivity contribution in [1.29, 1.82) is 5.26 Å². The molecule has 188 valence electrons. The van der Waals surface area contributed by atoms with Gasteiger partial charge in [0.1, 0.15) is 28.7 Å². The molecule has 0 amide bonds. The van der Waals surface area contributed by atoms with Crippen LogP contribution in [0.2, 0.25) is 0 Å². The standard InChI is InChI=1S/C26H27F3N6S/c1-3-35-19(13-30)10-21-16(2)17(4-5-23(21)35)14-34-8-6-18(7-9-34)33-24-22-11-20(12-26(27,28)29)36-25(22)32-15-31-24/h4-5,10-11,15,18H,3,6-9,12,14H2,1-2H3,(H,31,32,33). The lowest BCUT2D eigenvalue weighted by atomic mass is 10.0. The Morgan fingerprint density at radius 2 is 1.94 bits per heavy atom. The second kappa shape index (κ2) is 9.71. The molecular weight excluding hydrogens is 485 g/mol. The van der Waals surface area contributed by atoms with E-state index in [4.69, 9.17) is 0 Å². The molecule has 1 N–H and O–H groups in total. The van der Waals surface area contributed by atoms with E-state index in [0.717, 1.165) is 61.3 Å². The molecule has 0 unspecified atom stereocenters. The molecule has 1 aromatic carbocycles. The molecule has 6 nitrogen and oxygen atoms in total. The summed E-state index contributed by atoms with van der Waals surface area (Å²) >= 11 is 1.07. The molecule has 1 aliphatic rings. The topological polar surface area (TPSA) is 69.8 Å². The molecule has 0 aliphatic carbocycles. The summed E-state index contributed by atoms with van der Waals surface area (Å²) in [6.07, 6.45) is -1.95. The predicted octanol–water partition coefficient (Wildman–Crippen LogP) is 6.03. The Morgan fingerprint density at radius 1 is 1.17 bits per heavy atom. The van der Waals surface area contributed by atoms with Gasteiger partial charge in [0, 0.05) is 48.0 Å². The van der Waals surface area contributed by atoms with Crippen molar-refractivity contribution in [2.24, 2.45) is 0 Å². The molecule has 5 rings (SSSR count). The number of aromatic nitrogens is 3. The molecule has 0 atom stereocenters. The fourth-order valence-electron chi connectivity index (χ4n) is 5.10. The van der Waals surface area contributed by atoms with Crippen LogP contribution >= 0.6 is 11.3 Å². The Balaban J connectivity index is 1.24. The number of thiophene rings is 1. The van der Waals surface area contributed by atoms with Crippen molar-refractivity contribution in [2.45, 2.75) is 58.4 Å². The first-order valence-electron chi connectivity index (χ1n) is 12.1. The number of hydrogen-bond donors (Lipinski definition) is 1. The minimum absolute atomic E-state index is 0.200. The Bertz CT molecular complexity index is 1440. The van der Waals surface area contributed by atoms with E-state index in [1.165, 1.54) is 17.5 Å². The van der Waals surface area contributed by atoms with Crippen molar-refractivity contribution in [3.05, 3.63) is 52.3 Å². The third-order valence-electron chi connectivity index (χ3n) is 6.97. The minimum atomic E-state index is -4.24. The molecule has 10 heteroatoms. The highest BCUT2D eigenvalue weighted by Gasteiger charge is 2.29. The van der Waals surface area contributed by atoms with Gasteiger partial charge in [0.25, 0.3) is 0 Å². The summed E-state index contributed by atoms with van der Waals surface area (Å²) in [4.78, 5) is 11.7. The van der Waals surface area contributed by atoms with E-state index in [0.29, 0.717) is 21.7 Å². The molecule has 0 bridgehead atoms. The number of nitrogens with zero attached hydrogens (tertiary/aromatic N) is 5. The average Bonchev–Trinajstić information content (AvgIpc) is 3.42. The van der Waals surface area contributed by atoms with Crippen LogP contribution in [0, 0.1) is 18.3 Å². The highest BCUT2D eigenvalue weighted by Crippen LogP contribution is 2.33. The smallest absolute Gasteiger partial charge is 0.367 e. The largest absolute Gasteiger partial charge is 0.393 e. The fourth-order valence-corrected chi connectivity index (χ4v) is 6.13. The normalized spacial score (nSPS) is 15.6. The number of benzene rings is 1. The molecule has 1 aliphatic heterocycles. The summed E-state index contributed by atoms with van der Waals surface area (Å²) in [5.41, 5.74) is 4.27. The van der Waals surface area contributed by atoms with Gasteiger partial charge in [0.05, 0.1) is 11.8 Å². The molecule has 0 saturated carbocycles. The lowest BCUT2D eigenvalue weighted by molar-refractivity contribution is -0.126.